The monoisotopic (exact) mass is 474 g/mol. The van der Waals surface area contributed by atoms with E-state index in [9.17, 15) is 10.2 Å². The maximum atomic E-state index is 11.4. The molecule has 0 aromatic heterocycles. The predicted octanol–water partition coefficient (Wildman–Crippen LogP) is 5.94. The van der Waals surface area contributed by atoms with Gasteiger partial charge in [-0.3, -0.25) is 0 Å². The van der Waals surface area contributed by atoms with Crippen LogP contribution in [0.1, 0.15) is 106 Å². The zero-order chi connectivity index (χ0) is 24.6. The minimum atomic E-state index is -0.932. The Morgan fingerprint density at radius 1 is 0.765 bits per heavy atom. The van der Waals surface area contributed by atoms with E-state index in [1.54, 1.807) is 0 Å². The number of aliphatic hydroxyl groups is 2. The Hall–Kier alpha value is -0.160. The Morgan fingerprint density at radius 2 is 1.47 bits per heavy atom. The van der Waals surface area contributed by atoms with E-state index in [1.807, 2.05) is 13.8 Å². The molecule has 194 valence electrons. The van der Waals surface area contributed by atoms with E-state index in [2.05, 4.69) is 34.6 Å². The van der Waals surface area contributed by atoms with Gasteiger partial charge in [-0.1, -0.05) is 27.7 Å². The molecule has 2 unspecified atom stereocenters. The van der Waals surface area contributed by atoms with Gasteiger partial charge in [-0.2, -0.15) is 0 Å². The molecule has 0 radical (unpaired) electrons. The first kappa shape index (κ1) is 24.2. The van der Waals surface area contributed by atoms with Crippen molar-refractivity contribution in [3.63, 3.8) is 0 Å². The highest BCUT2D eigenvalue weighted by Gasteiger charge is 2.75. The Labute approximate surface area is 207 Å². The molecular formula is C30H50O4. The topological polar surface area (TPSA) is 58.9 Å². The van der Waals surface area contributed by atoms with Gasteiger partial charge in [0.05, 0.1) is 24.4 Å². The average Bonchev–Trinajstić information content (AvgIpc) is 3.32. The largest absolute Gasteiger partial charge is 0.390 e. The molecule has 2 N–H and O–H groups in total. The summed E-state index contributed by atoms with van der Waals surface area (Å²) < 4.78 is 12.9. The molecule has 0 aromatic carbocycles. The van der Waals surface area contributed by atoms with E-state index in [4.69, 9.17) is 9.47 Å². The quantitative estimate of drug-likeness (QED) is 0.520. The van der Waals surface area contributed by atoms with Crippen molar-refractivity contribution in [3.8, 4) is 0 Å². The van der Waals surface area contributed by atoms with Gasteiger partial charge in [-0.25, -0.2) is 0 Å². The summed E-state index contributed by atoms with van der Waals surface area (Å²) >= 11 is 0. The highest BCUT2D eigenvalue weighted by atomic mass is 16.6. The van der Waals surface area contributed by atoms with Crippen molar-refractivity contribution >= 4 is 0 Å². The van der Waals surface area contributed by atoms with Crippen LogP contribution in [0, 0.1) is 51.2 Å². The first-order valence-electron chi connectivity index (χ1n) is 14.4. The smallest absolute Gasteiger partial charge is 0.170 e. The van der Waals surface area contributed by atoms with Crippen LogP contribution in [0.25, 0.3) is 0 Å². The second-order valence-electron chi connectivity index (χ2n) is 15.5. The Kier molecular flexibility index (Phi) is 4.86. The lowest BCUT2D eigenvalue weighted by Gasteiger charge is -2.74. The minimum Gasteiger partial charge on any atom is -0.390 e. The van der Waals surface area contributed by atoms with Crippen molar-refractivity contribution in [2.45, 2.75) is 123 Å². The number of ether oxygens (including phenoxy) is 2. The van der Waals surface area contributed by atoms with E-state index in [0.29, 0.717) is 41.1 Å². The molecule has 3 saturated heterocycles. The maximum Gasteiger partial charge on any atom is 0.170 e. The minimum absolute atomic E-state index is 0.108. The first-order chi connectivity index (χ1) is 15.6. The van der Waals surface area contributed by atoms with Crippen molar-refractivity contribution in [2.75, 3.05) is 13.2 Å². The zero-order valence-corrected chi connectivity index (χ0v) is 22.9. The summed E-state index contributed by atoms with van der Waals surface area (Å²) in [6.07, 6.45) is 10.6. The van der Waals surface area contributed by atoms with Crippen LogP contribution in [-0.4, -0.2) is 40.4 Å². The molecule has 4 saturated carbocycles. The second kappa shape index (κ2) is 6.83. The Bertz CT molecular complexity index is 850. The van der Waals surface area contributed by atoms with E-state index in [1.165, 1.54) is 38.5 Å². The number of hydrogen-bond donors (Lipinski definition) is 2. The predicted molar refractivity (Wildman–Crippen MR) is 133 cm³/mol. The van der Waals surface area contributed by atoms with Gasteiger partial charge in [-0.15, -0.1) is 0 Å². The van der Waals surface area contributed by atoms with E-state index >= 15 is 0 Å². The standard InChI is InChI=1S/C30H50O4/c1-24(2)22-11-13-27(6)23(29(22)14-15-30(24,32)34-18-29)9-8-20-21(10-12-26(20,27)5)28(7)16-19(17-33-28)25(3,4)31/h19-23,31-32H,8-18H2,1-7H3/t19-,20+,21-,22?,23?,26+,27+,28-,29+,30-/m0/s1. The van der Waals surface area contributed by atoms with E-state index in [0.717, 1.165) is 25.9 Å². The van der Waals surface area contributed by atoms with Gasteiger partial charge in [-0.05, 0) is 107 Å². The second-order valence-corrected chi connectivity index (χ2v) is 15.5. The molecule has 7 rings (SSSR count). The number of hydrogen-bond acceptors (Lipinski definition) is 4. The average molecular weight is 475 g/mol. The lowest BCUT2D eigenvalue weighted by atomic mass is 9.34. The van der Waals surface area contributed by atoms with Gasteiger partial charge < -0.3 is 19.7 Å². The maximum absolute atomic E-state index is 11.4. The molecule has 4 heteroatoms. The third-order valence-electron chi connectivity index (χ3n) is 13.9. The van der Waals surface area contributed by atoms with Gasteiger partial charge in [0.2, 0.25) is 0 Å². The molecule has 1 spiro atoms. The first-order valence-corrected chi connectivity index (χ1v) is 14.4. The van der Waals surface area contributed by atoms with Gasteiger partial charge in [0, 0.05) is 23.2 Å². The fourth-order valence-electron chi connectivity index (χ4n) is 11.5. The summed E-state index contributed by atoms with van der Waals surface area (Å²) in [4.78, 5) is 0. The van der Waals surface area contributed by atoms with Crippen LogP contribution in [0.3, 0.4) is 0 Å². The fourth-order valence-corrected chi connectivity index (χ4v) is 11.5. The Balaban J connectivity index is 1.32. The number of fused-ring (bicyclic) bond motifs is 5. The van der Waals surface area contributed by atoms with Crippen molar-refractivity contribution in [1.82, 2.24) is 0 Å². The third kappa shape index (κ3) is 2.70. The lowest BCUT2D eigenvalue weighted by molar-refractivity contribution is -0.399. The molecule has 7 fully saturated rings. The van der Waals surface area contributed by atoms with E-state index in [-0.39, 0.29) is 22.3 Å². The molecule has 4 aliphatic carbocycles. The number of rotatable bonds is 2. The molecule has 10 atom stereocenters. The van der Waals surface area contributed by atoms with Crippen LogP contribution >= 0.6 is 0 Å². The van der Waals surface area contributed by atoms with Gasteiger partial charge >= 0.3 is 0 Å². The van der Waals surface area contributed by atoms with Crippen molar-refractivity contribution in [3.05, 3.63) is 0 Å². The molecule has 0 aromatic rings. The van der Waals surface area contributed by atoms with Crippen LogP contribution in [-0.2, 0) is 9.47 Å². The van der Waals surface area contributed by atoms with Crippen molar-refractivity contribution in [1.29, 1.82) is 0 Å². The molecule has 2 bridgehead atoms. The molecule has 3 heterocycles. The van der Waals surface area contributed by atoms with Crippen LogP contribution in [0.2, 0.25) is 0 Å². The van der Waals surface area contributed by atoms with Crippen molar-refractivity contribution < 1.29 is 19.7 Å². The molecule has 0 amide bonds. The molecule has 7 aliphatic rings. The van der Waals surface area contributed by atoms with Crippen LogP contribution in [0.4, 0.5) is 0 Å². The summed E-state index contributed by atoms with van der Waals surface area (Å²) in [5, 5.41) is 22.0. The lowest BCUT2D eigenvalue weighted by Crippen LogP contribution is -2.73. The third-order valence-corrected chi connectivity index (χ3v) is 13.9. The highest BCUT2D eigenvalue weighted by molar-refractivity contribution is 5.21. The van der Waals surface area contributed by atoms with Gasteiger partial charge in [0.15, 0.2) is 5.79 Å². The zero-order valence-electron chi connectivity index (χ0n) is 22.9. The highest BCUT2D eigenvalue weighted by Crippen LogP contribution is 2.78. The normalized spacial score (nSPS) is 58.3. The van der Waals surface area contributed by atoms with E-state index < -0.39 is 11.4 Å². The van der Waals surface area contributed by atoms with Crippen molar-refractivity contribution in [2.24, 2.45) is 51.2 Å². The van der Waals surface area contributed by atoms with Gasteiger partial charge in [0.25, 0.3) is 0 Å². The Morgan fingerprint density at radius 3 is 2.09 bits per heavy atom. The molecule has 4 nitrogen and oxygen atoms in total. The fraction of sp³-hybridized carbons (Fsp3) is 1.00. The van der Waals surface area contributed by atoms with Crippen LogP contribution in [0.5, 0.6) is 0 Å². The van der Waals surface area contributed by atoms with Gasteiger partial charge in [0.1, 0.15) is 0 Å². The molecular weight excluding hydrogens is 424 g/mol. The SMILES string of the molecule is CC(C)(O)[C@@H]1CO[C@](C)([C@H]2CC[C@]3(C)[C@@H]2CCC2[C@]45CC[C@](O)(OC4)C(C)(C)C5CC[C@]23C)C1. The summed E-state index contributed by atoms with van der Waals surface area (Å²) in [6, 6.07) is 0. The summed E-state index contributed by atoms with van der Waals surface area (Å²) in [5.41, 5.74) is -0.0711. The van der Waals surface area contributed by atoms with Crippen LogP contribution < -0.4 is 0 Å². The summed E-state index contributed by atoms with van der Waals surface area (Å²) in [7, 11) is 0. The molecule has 34 heavy (non-hydrogen) atoms. The summed E-state index contributed by atoms with van der Waals surface area (Å²) in [6.45, 7) is 17.6. The molecule has 3 aliphatic heterocycles. The summed E-state index contributed by atoms with van der Waals surface area (Å²) in [5.74, 6) is 1.83. The van der Waals surface area contributed by atoms with Crippen LogP contribution in [0.15, 0.2) is 0 Å².